The van der Waals surface area contributed by atoms with Crippen LogP contribution in [0.2, 0.25) is 0 Å². The number of aryl methyl sites for hydroxylation is 1. The second-order valence-corrected chi connectivity index (χ2v) is 6.03. The fourth-order valence-corrected chi connectivity index (χ4v) is 2.69. The Kier molecular flexibility index (Phi) is 6.06. The summed E-state index contributed by atoms with van der Waals surface area (Å²) in [6, 6.07) is 12.8. The first-order valence-corrected chi connectivity index (χ1v) is 7.97. The molecule has 0 unspecified atom stereocenters. The van der Waals surface area contributed by atoms with Gasteiger partial charge in [0.2, 0.25) is 0 Å². The summed E-state index contributed by atoms with van der Waals surface area (Å²) < 4.78 is 5.45. The lowest BCUT2D eigenvalue weighted by Gasteiger charge is -2.11. The van der Waals surface area contributed by atoms with Crippen LogP contribution in [0.5, 0.6) is 5.75 Å². The van der Waals surface area contributed by atoms with Crippen LogP contribution in [0.25, 0.3) is 10.8 Å². The van der Waals surface area contributed by atoms with Gasteiger partial charge in [0.15, 0.2) is 0 Å². The van der Waals surface area contributed by atoms with E-state index in [1.54, 1.807) is 7.11 Å². The summed E-state index contributed by atoms with van der Waals surface area (Å²) in [5, 5.41) is 6.05. The molecule has 0 saturated carbocycles. The first-order valence-electron chi connectivity index (χ1n) is 7.97. The molecule has 2 rings (SSSR count). The molecule has 0 fully saturated rings. The van der Waals surface area contributed by atoms with Crippen molar-refractivity contribution >= 4 is 10.8 Å². The van der Waals surface area contributed by atoms with E-state index >= 15 is 0 Å². The van der Waals surface area contributed by atoms with Crippen molar-refractivity contribution in [1.82, 2.24) is 5.32 Å². The second kappa shape index (κ2) is 8.04. The zero-order valence-corrected chi connectivity index (χ0v) is 13.5. The van der Waals surface area contributed by atoms with E-state index in [0.717, 1.165) is 31.2 Å². The van der Waals surface area contributed by atoms with E-state index in [4.69, 9.17) is 4.74 Å². The summed E-state index contributed by atoms with van der Waals surface area (Å²) in [5.74, 6) is 1.70. The first-order chi connectivity index (χ1) is 10.2. The number of benzene rings is 2. The number of ether oxygens (including phenoxy) is 1. The Balaban J connectivity index is 1.93. The SMILES string of the molecule is COc1ccc(CCCCNCC(C)C)c2ccccc12. The van der Waals surface area contributed by atoms with E-state index in [1.165, 1.54) is 29.2 Å². The van der Waals surface area contributed by atoms with Crippen molar-refractivity contribution in [1.29, 1.82) is 0 Å². The molecular weight excluding hydrogens is 258 g/mol. The summed E-state index contributed by atoms with van der Waals surface area (Å²) in [4.78, 5) is 0. The summed E-state index contributed by atoms with van der Waals surface area (Å²) in [7, 11) is 1.74. The van der Waals surface area contributed by atoms with Gasteiger partial charge in [0, 0.05) is 5.39 Å². The lowest BCUT2D eigenvalue weighted by molar-refractivity contribution is 0.419. The first kappa shape index (κ1) is 15.8. The maximum Gasteiger partial charge on any atom is 0.126 e. The van der Waals surface area contributed by atoms with Crippen molar-refractivity contribution in [3.05, 3.63) is 42.0 Å². The van der Waals surface area contributed by atoms with Crippen LogP contribution in [0.3, 0.4) is 0 Å². The van der Waals surface area contributed by atoms with Gasteiger partial charge in [-0.05, 0) is 55.3 Å². The van der Waals surface area contributed by atoms with Gasteiger partial charge in [-0.15, -0.1) is 0 Å². The van der Waals surface area contributed by atoms with Crippen molar-refractivity contribution in [3.63, 3.8) is 0 Å². The molecule has 0 saturated heterocycles. The molecule has 0 aliphatic heterocycles. The third-order valence-electron chi connectivity index (χ3n) is 3.80. The molecule has 21 heavy (non-hydrogen) atoms. The highest BCUT2D eigenvalue weighted by atomic mass is 16.5. The molecule has 0 aromatic heterocycles. The number of hydrogen-bond acceptors (Lipinski definition) is 2. The van der Waals surface area contributed by atoms with Gasteiger partial charge in [-0.25, -0.2) is 0 Å². The highest BCUT2D eigenvalue weighted by molar-refractivity contribution is 5.91. The van der Waals surface area contributed by atoms with Crippen LogP contribution >= 0.6 is 0 Å². The van der Waals surface area contributed by atoms with Gasteiger partial charge in [-0.2, -0.15) is 0 Å². The number of rotatable bonds is 8. The van der Waals surface area contributed by atoms with Gasteiger partial charge in [0.1, 0.15) is 5.75 Å². The fourth-order valence-electron chi connectivity index (χ4n) is 2.69. The predicted octanol–water partition coefficient (Wildman–Crippen LogP) is 4.42. The Morgan fingerprint density at radius 2 is 1.76 bits per heavy atom. The number of hydrogen-bond donors (Lipinski definition) is 1. The topological polar surface area (TPSA) is 21.3 Å². The molecule has 0 heterocycles. The van der Waals surface area contributed by atoms with Gasteiger partial charge in [-0.1, -0.05) is 44.2 Å². The molecule has 2 heteroatoms. The van der Waals surface area contributed by atoms with Crippen LogP contribution in [0.1, 0.15) is 32.3 Å². The normalized spacial score (nSPS) is 11.2. The Bertz CT molecular complexity index is 562. The molecule has 2 nitrogen and oxygen atoms in total. The number of fused-ring (bicyclic) bond motifs is 1. The van der Waals surface area contributed by atoms with E-state index in [0.29, 0.717) is 0 Å². The minimum atomic E-state index is 0.732. The van der Waals surface area contributed by atoms with Crippen molar-refractivity contribution in [2.75, 3.05) is 20.2 Å². The fraction of sp³-hybridized carbons (Fsp3) is 0.474. The standard InChI is InChI=1S/C19H27NO/c1-15(2)14-20-13-7-6-8-16-11-12-19(21-3)18-10-5-4-9-17(16)18/h4-5,9-12,15,20H,6-8,13-14H2,1-3H3. The van der Waals surface area contributed by atoms with E-state index in [-0.39, 0.29) is 0 Å². The smallest absolute Gasteiger partial charge is 0.126 e. The molecule has 1 N–H and O–H groups in total. The molecule has 0 radical (unpaired) electrons. The molecule has 2 aromatic carbocycles. The van der Waals surface area contributed by atoms with Crippen LogP contribution in [0, 0.1) is 5.92 Å². The largest absolute Gasteiger partial charge is 0.496 e. The average Bonchev–Trinajstić information content (AvgIpc) is 2.50. The highest BCUT2D eigenvalue weighted by Gasteiger charge is 2.05. The Labute approximate surface area is 128 Å². The Morgan fingerprint density at radius 3 is 2.48 bits per heavy atom. The molecule has 0 amide bonds. The van der Waals surface area contributed by atoms with Crippen LogP contribution in [-0.4, -0.2) is 20.2 Å². The zero-order valence-electron chi connectivity index (χ0n) is 13.5. The van der Waals surface area contributed by atoms with E-state index in [1.807, 2.05) is 0 Å². The molecule has 0 spiro atoms. The third kappa shape index (κ3) is 4.47. The van der Waals surface area contributed by atoms with Crippen molar-refractivity contribution in [2.45, 2.75) is 33.1 Å². The monoisotopic (exact) mass is 285 g/mol. The maximum absolute atomic E-state index is 5.45. The lowest BCUT2D eigenvalue weighted by atomic mass is 9.99. The van der Waals surface area contributed by atoms with Crippen LogP contribution in [0.4, 0.5) is 0 Å². The van der Waals surface area contributed by atoms with Gasteiger partial charge in [-0.3, -0.25) is 0 Å². The average molecular weight is 285 g/mol. The van der Waals surface area contributed by atoms with Crippen LogP contribution in [-0.2, 0) is 6.42 Å². The molecule has 114 valence electrons. The minimum Gasteiger partial charge on any atom is -0.496 e. The van der Waals surface area contributed by atoms with Crippen molar-refractivity contribution in [2.24, 2.45) is 5.92 Å². The minimum absolute atomic E-state index is 0.732. The summed E-state index contributed by atoms with van der Waals surface area (Å²) in [6.45, 7) is 6.73. The molecule has 0 aliphatic carbocycles. The number of methoxy groups -OCH3 is 1. The predicted molar refractivity (Wildman–Crippen MR) is 91.1 cm³/mol. The Hall–Kier alpha value is -1.54. The van der Waals surface area contributed by atoms with Gasteiger partial charge in [0.05, 0.1) is 7.11 Å². The molecule has 0 bridgehead atoms. The lowest BCUT2D eigenvalue weighted by Crippen LogP contribution is -2.20. The van der Waals surface area contributed by atoms with E-state index < -0.39 is 0 Å². The molecule has 0 aliphatic rings. The molecular formula is C19H27NO. The van der Waals surface area contributed by atoms with Gasteiger partial charge < -0.3 is 10.1 Å². The molecule has 2 aromatic rings. The van der Waals surface area contributed by atoms with Crippen LogP contribution < -0.4 is 10.1 Å². The van der Waals surface area contributed by atoms with E-state index in [2.05, 4.69) is 55.6 Å². The van der Waals surface area contributed by atoms with Gasteiger partial charge >= 0.3 is 0 Å². The Morgan fingerprint density at radius 1 is 1.00 bits per heavy atom. The van der Waals surface area contributed by atoms with Crippen molar-refractivity contribution in [3.8, 4) is 5.75 Å². The zero-order chi connectivity index (χ0) is 15.1. The quantitative estimate of drug-likeness (QED) is 0.725. The maximum atomic E-state index is 5.45. The summed E-state index contributed by atoms with van der Waals surface area (Å²) >= 11 is 0. The summed E-state index contributed by atoms with van der Waals surface area (Å²) in [6.07, 6.45) is 3.59. The third-order valence-corrected chi connectivity index (χ3v) is 3.80. The van der Waals surface area contributed by atoms with Crippen LogP contribution in [0.15, 0.2) is 36.4 Å². The highest BCUT2D eigenvalue weighted by Crippen LogP contribution is 2.29. The second-order valence-electron chi connectivity index (χ2n) is 6.03. The van der Waals surface area contributed by atoms with Crippen molar-refractivity contribution < 1.29 is 4.74 Å². The number of nitrogens with one attached hydrogen (secondary N) is 1. The van der Waals surface area contributed by atoms with E-state index in [9.17, 15) is 0 Å². The molecule has 0 atom stereocenters. The van der Waals surface area contributed by atoms with Gasteiger partial charge in [0.25, 0.3) is 0 Å². The number of unbranched alkanes of at least 4 members (excludes halogenated alkanes) is 1. The summed E-state index contributed by atoms with van der Waals surface area (Å²) in [5.41, 5.74) is 1.43.